The van der Waals surface area contributed by atoms with Crippen molar-refractivity contribution in [3.8, 4) is 5.75 Å². The SMILES string of the molecule is CCOc1ccc2nc(NC(=O)CC(C)c3ccccc3)sc2c1. The lowest BCUT2D eigenvalue weighted by atomic mass is 9.98. The van der Waals surface area contributed by atoms with Crippen molar-refractivity contribution in [2.45, 2.75) is 26.2 Å². The number of carbonyl (C=O) groups is 1. The molecule has 1 atom stereocenters. The maximum absolute atomic E-state index is 12.3. The van der Waals surface area contributed by atoms with Gasteiger partial charge >= 0.3 is 0 Å². The second-order valence-electron chi connectivity index (χ2n) is 5.65. The molecule has 0 bridgehead atoms. The molecular weight excluding hydrogens is 320 g/mol. The molecule has 1 aromatic heterocycles. The first-order valence-corrected chi connectivity index (χ1v) is 8.85. The average molecular weight is 340 g/mol. The van der Waals surface area contributed by atoms with Crippen LogP contribution < -0.4 is 10.1 Å². The molecule has 24 heavy (non-hydrogen) atoms. The first kappa shape index (κ1) is 16.5. The van der Waals surface area contributed by atoms with Crippen molar-refractivity contribution >= 4 is 32.6 Å². The van der Waals surface area contributed by atoms with E-state index in [9.17, 15) is 4.79 Å². The molecule has 0 aliphatic carbocycles. The van der Waals surface area contributed by atoms with Crippen LogP contribution in [-0.4, -0.2) is 17.5 Å². The molecule has 3 aromatic rings. The van der Waals surface area contributed by atoms with Crippen molar-refractivity contribution in [3.63, 3.8) is 0 Å². The highest BCUT2D eigenvalue weighted by Crippen LogP contribution is 2.29. The Kier molecular flexibility index (Phi) is 5.11. The fourth-order valence-corrected chi connectivity index (χ4v) is 3.47. The average Bonchev–Trinajstić information content (AvgIpc) is 2.97. The van der Waals surface area contributed by atoms with Crippen molar-refractivity contribution in [1.29, 1.82) is 0 Å². The standard InChI is InChI=1S/C19H20N2O2S/c1-3-23-15-9-10-16-17(12-15)24-19(20-16)21-18(22)11-13(2)14-7-5-4-6-8-14/h4-10,12-13H,3,11H2,1-2H3,(H,20,21,22). The zero-order chi connectivity index (χ0) is 16.9. The van der Waals surface area contributed by atoms with Gasteiger partial charge < -0.3 is 10.1 Å². The summed E-state index contributed by atoms with van der Waals surface area (Å²) in [6, 6.07) is 15.8. The fraction of sp³-hybridized carbons (Fsp3) is 0.263. The molecule has 5 heteroatoms. The summed E-state index contributed by atoms with van der Waals surface area (Å²) >= 11 is 1.47. The molecule has 1 heterocycles. The molecule has 2 aromatic carbocycles. The number of hydrogen-bond donors (Lipinski definition) is 1. The summed E-state index contributed by atoms with van der Waals surface area (Å²) in [5, 5.41) is 3.54. The van der Waals surface area contributed by atoms with Gasteiger partial charge in [0.15, 0.2) is 5.13 Å². The van der Waals surface area contributed by atoms with Crippen LogP contribution in [0.5, 0.6) is 5.75 Å². The van der Waals surface area contributed by atoms with Crippen LogP contribution in [0.4, 0.5) is 5.13 Å². The number of rotatable bonds is 6. The highest BCUT2D eigenvalue weighted by Gasteiger charge is 2.13. The van der Waals surface area contributed by atoms with Gasteiger partial charge in [0.05, 0.1) is 16.8 Å². The van der Waals surface area contributed by atoms with E-state index in [1.165, 1.54) is 16.9 Å². The maximum atomic E-state index is 12.3. The molecule has 0 aliphatic heterocycles. The molecule has 0 saturated carbocycles. The third kappa shape index (κ3) is 3.92. The van der Waals surface area contributed by atoms with E-state index in [1.54, 1.807) is 0 Å². The van der Waals surface area contributed by atoms with Gasteiger partial charge in [-0.05, 0) is 36.6 Å². The van der Waals surface area contributed by atoms with Crippen LogP contribution in [0.1, 0.15) is 31.7 Å². The van der Waals surface area contributed by atoms with E-state index in [-0.39, 0.29) is 11.8 Å². The van der Waals surface area contributed by atoms with Crippen LogP contribution in [-0.2, 0) is 4.79 Å². The van der Waals surface area contributed by atoms with Gasteiger partial charge in [-0.2, -0.15) is 0 Å². The third-order valence-corrected chi connectivity index (χ3v) is 4.71. The molecule has 3 rings (SSSR count). The lowest BCUT2D eigenvalue weighted by Gasteiger charge is -2.10. The second kappa shape index (κ2) is 7.45. The van der Waals surface area contributed by atoms with E-state index in [0.717, 1.165) is 16.0 Å². The number of benzene rings is 2. The molecule has 1 unspecified atom stereocenters. The molecule has 124 valence electrons. The largest absolute Gasteiger partial charge is 0.494 e. The van der Waals surface area contributed by atoms with E-state index in [0.29, 0.717) is 18.2 Å². The molecule has 0 radical (unpaired) electrons. The first-order chi connectivity index (χ1) is 11.7. The maximum Gasteiger partial charge on any atom is 0.226 e. The number of nitrogens with one attached hydrogen (secondary N) is 1. The zero-order valence-corrected chi connectivity index (χ0v) is 14.6. The van der Waals surface area contributed by atoms with Crippen LogP contribution >= 0.6 is 11.3 Å². The number of ether oxygens (including phenoxy) is 1. The summed E-state index contributed by atoms with van der Waals surface area (Å²) in [6.45, 7) is 4.64. The molecule has 0 aliphatic rings. The number of fused-ring (bicyclic) bond motifs is 1. The van der Waals surface area contributed by atoms with Crippen LogP contribution in [0.15, 0.2) is 48.5 Å². The van der Waals surface area contributed by atoms with E-state index in [1.807, 2.05) is 55.5 Å². The molecule has 4 nitrogen and oxygen atoms in total. The summed E-state index contributed by atoms with van der Waals surface area (Å²) in [4.78, 5) is 16.7. The molecule has 1 N–H and O–H groups in total. The Morgan fingerprint density at radius 1 is 1.25 bits per heavy atom. The molecule has 0 saturated heterocycles. The Balaban J connectivity index is 1.66. The van der Waals surface area contributed by atoms with E-state index >= 15 is 0 Å². The smallest absolute Gasteiger partial charge is 0.226 e. The van der Waals surface area contributed by atoms with Crippen molar-refractivity contribution < 1.29 is 9.53 Å². The van der Waals surface area contributed by atoms with Crippen molar-refractivity contribution in [3.05, 3.63) is 54.1 Å². The number of thiazole rings is 1. The fourth-order valence-electron chi connectivity index (χ4n) is 2.56. The quantitative estimate of drug-likeness (QED) is 0.699. The molecular formula is C19H20N2O2S. The van der Waals surface area contributed by atoms with Gasteiger partial charge in [0.25, 0.3) is 0 Å². The van der Waals surface area contributed by atoms with Gasteiger partial charge in [-0.3, -0.25) is 4.79 Å². The first-order valence-electron chi connectivity index (χ1n) is 8.04. The molecule has 0 fully saturated rings. The molecule has 0 spiro atoms. The van der Waals surface area contributed by atoms with Crippen LogP contribution in [0, 0.1) is 0 Å². The predicted molar refractivity (Wildman–Crippen MR) is 98.9 cm³/mol. The van der Waals surface area contributed by atoms with Gasteiger partial charge in [0, 0.05) is 6.42 Å². The van der Waals surface area contributed by atoms with Gasteiger partial charge in [-0.25, -0.2) is 4.98 Å². The minimum absolute atomic E-state index is 0.0181. The molecule has 1 amide bonds. The highest BCUT2D eigenvalue weighted by atomic mass is 32.1. The highest BCUT2D eigenvalue weighted by molar-refractivity contribution is 7.22. The van der Waals surface area contributed by atoms with Crippen LogP contribution in [0.3, 0.4) is 0 Å². The Bertz CT molecular complexity index is 830. The van der Waals surface area contributed by atoms with Crippen molar-refractivity contribution in [2.75, 3.05) is 11.9 Å². The number of aromatic nitrogens is 1. The topological polar surface area (TPSA) is 51.2 Å². The van der Waals surface area contributed by atoms with Crippen LogP contribution in [0.2, 0.25) is 0 Å². The summed E-state index contributed by atoms with van der Waals surface area (Å²) < 4.78 is 6.50. The van der Waals surface area contributed by atoms with E-state index < -0.39 is 0 Å². The Morgan fingerprint density at radius 3 is 2.79 bits per heavy atom. The van der Waals surface area contributed by atoms with Gasteiger partial charge in [-0.1, -0.05) is 48.6 Å². The van der Waals surface area contributed by atoms with Crippen LogP contribution in [0.25, 0.3) is 10.2 Å². The lowest BCUT2D eigenvalue weighted by Crippen LogP contribution is -2.14. The Labute approximate surface area is 145 Å². The number of hydrogen-bond acceptors (Lipinski definition) is 4. The Morgan fingerprint density at radius 2 is 2.04 bits per heavy atom. The summed E-state index contributed by atoms with van der Waals surface area (Å²) in [5.41, 5.74) is 2.04. The minimum atomic E-state index is -0.0181. The second-order valence-corrected chi connectivity index (χ2v) is 6.68. The normalized spacial score (nSPS) is 12.1. The summed E-state index contributed by atoms with van der Waals surface area (Å²) in [6.07, 6.45) is 0.435. The number of carbonyl (C=O) groups excluding carboxylic acids is 1. The monoisotopic (exact) mass is 340 g/mol. The van der Waals surface area contributed by atoms with E-state index in [2.05, 4.69) is 17.2 Å². The number of amides is 1. The zero-order valence-electron chi connectivity index (χ0n) is 13.8. The number of nitrogens with zero attached hydrogens (tertiary/aromatic N) is 1. The van der Waals surface area contributed by atoms with Gasteiger partial charge in [0.1, 0.15) is 5.75 Å². The van der Waals surface area contributed by atoms with Crippen molar-refractivity contribution in [2.24, 2.45) is 0 Å². The minimum Gasteiger partial charge on any atom is -0.494 e. The summed E-state index contributed by atoms with van der Waals surface area (Å²) in [7, 11) is 0. The van der Waals surface area contributed by atoms with Gasteiger partial charge in [0.2, 0.25) is 5.91 Å². The lowest BCUT2D eigenvalue weighted by molar-refractivity contribution is -0.116. The third-order valence-electron chi connectivity index (χ3n) is 3.78. The number of anilines is 1. The van der Waals surface area contributed by atoms with E-state index in [4.69, 9.17) is 4.74 Å². The van der Waals surface area contributed by atoms with Crippen molar-refractivity contribution in [1.82, 2.24) is 4.98 Å². The van der Waals surface area contributed by atoms with Gasteiger partial charge in [-0.15, -0.1) is 0 Å². The summed E-state index contributed by atoms with van der Waals surface area (Å²) in [5.74, 6) is 0.977. The Hall–Kier alpha value is -2.40. The predicted octanol–water partition coefficient (Wildman–Crippen LogP) is 4.83.